The van der Waals surface area contributed by atoms with Crippen LogP contribution in [0.1, 0.15) is 49.4 Å². The minimum atomic E-state index is -0.586. The van der Waals surface area contributed by atoms with Crippen LogP contribution in [0.5, 0.6) is 0 Å². The lowest BCUT2D eigenvalue weighted by molar-refractivity contribution is 0.0598. The van der Waals surface area contributed by atoms with E-state index in [9.17, 15) is 14.4 Å². The van der Waals surface area contributed by atoms with E-state index in [0.717, 1.165) is 11.3 Å². The molecule has 4 rings (SSSR count). The van der Waals surface area contributed by atoms with Gasteiger partial charge in [0, 0.05) is 17.5 Å². The van der Waals surface area contributed by atoms with Gasteiger partial charge in [0.05, 0.1) is 23.9 Å². The smallest absolute Gasteiger partial charge is 0.339 e. The Labute approximate surface area is 202 Å². The molecule has 2 aromatic heterocycles. The molecule has 9 heteroatoms. The van der Waals surface area contributed by atoms with E-state index in [0.29, 0.717) is 28.9 Å². The number of H-pyrrole nitrogens is 1. The lowest BCUT2D eigenvalue weighted by atomic mass is 10.1. The van der Waals surface area contributed by atoms with Crippen LogP contribution < -0.4 is 10.9 Å². The van der Waals surface area contributed by atoms with Gasteiger partial charge >= 0.3 is 5.97 Å². The van der Waals surface area contributed by atoms with Gasteiger partial charge in [-0.2, -0.15) is 5.10 Å². The summed E-state index contributed by atoms with van der Waals surface area (Å²) in [7, 11) is 1.29. The van der Waals surface area contributed by atoms with Gasteiger partial charge in [-0.3, -0.25) is 20.4 Å². The van der Waals surface area contributed by atoms with Crippen molar-refractivity contribution in [2.75, 3.05) is 7.11 Å². The van der Waals surface area contributed by atoms with Gasteiger partial charge in [0.25, 0.3) is 11.8 Å². The van der Waals surface area contributed by atoms with E-state index in [2.05, 4.69) is 20.9 Å². The molecule has 3 N–H and O–H groups in total. The fraction of sp³-hybridized carbons (Fsp3) is 0.154. The molecule has 2 aromatic carbocycles. The van der Waals surface area contributed by atoms with Gasteiger partial charge in [0.1, 0.15) is 11.4 Å². The largest absolute Gasteiger partial charge is 0.465 e. The molecule has 0 aliphatic rings. The second kappa shape index (κ2) is 10.1. The summed E-state index contributed by atoms with van der Waals surface area (Å²) in [6.07, 6.45) is 2.12. The Kier molecular flexibility index (Phi) is 6.77. The molecule has 0 fully saturated rings. The van der Waals surface area contributed by atoms with E-state index in [1.54, 1.807) is 17.8 Å². The zero-order valence-electron chi connectivity index (χ0n) is 19.6. The first-order valence-corrected chi connectivity index (χ1v) is 11.1. The second-order valence-electron chi connectivity index (χ2n) is 7.77. The molecule has 0 saturated heterocycles. The number of nitrogens with zero attached hydrogens (tertiary/aromatic N) is 2. The number of hydrogen-bond acceptors (Lipinski definition) is 5. The minimum absolute atomic E-state index is 0.172. The van der Waals surface area contributed by atoms with Gasteiger partial charge in [0.15, 0.2) is 0 Å². The molecule has 9 nitrogen and oxygen atoms in total. The molecule has 0 aliphatic heterocycles. The Bertz CT molecular complexity index is 1370. The first-order chi connectivity index (χ1) is 16.9. The average Bonchev–Trinajstić information content (AvgIpc) is 3.49. The van der Waals surface area contributed by atoms with E-state index < -0.39 is 17.8 Å². The summed E-state index contributed by atoms with van der Waals surface area (Å²) in [6.45, 7) is 3.51. The number of para-hydroxylation sites is 1. The predicted molar refractivity (Wildman–Crippen MR) is 130 cm³/mol. The van der Waals surface area contributed by atoms with Crippen molar-refractivity contribution < 1.29 is 19.1 Å². The number of nitrogens with one attached hydrogen (secondary N) is 3. The van der Waals surface area contributed by atoms with Gasteiger partial charge in [-0.15, -0.1) is 0 Å². The van der Waals surface area contributed by atoms with Gasteiger partial charge < -0.3 is 9.72 Å². The molecule has 0 bridgehead atoms. The molecule has 2 amide bonds. The molecular formula is C26H25N5O4. The summed E-state index contributed by atoms with van der Waals surface area (Å²) in [4.78, 5) is 41.1. The van der Waals surface area contributed by atoms with Gasteiger partial charge in [0.2, 0.25) is 0 Å². The second-order valence-corrected chi connectivity index (χ2v) is 7.77. The van der Waals surface area contributed by atoms with E-state index in [1.165, 1.54) is 7.11 Å². The zero-order valence-corrected chi connectivity index (χ0v) is 19.6. The fourth-order valence-electron chi connectivity index (χ4n) is 3.83. The summed E-state index contributed by atoms with van der Waals surface area (Å²) in [5.74, 6) is -1.65. The van der Waals surface area contributed by atoms with Gasteiger partial charge in [-0.1, -0.05) is 55.5 Å². The van der Waals surface area contributed by atoms with Crippen molar-refractivity contribution >= 4 is 17.8 Å². The van der Waals surface area contributed by atoms with Crippen molar-refractivity contribution in [1.29, 1.82) is 0 Å². The molecule has 0 saturated carbocycles. The van der Waals surface area contributed by atoms with E-state index in [-0.39, 0.29) is 11.3 Å². The number of methoxy groups -OCH3 is 1. The van der Waals surface area contributed by atoms with Crippen LogP contribution in [0.4, 0.5) is 0 Å². The van der Waals surface area contributed by atoms with Crippen molar-refractivity contribution in [3.05, 3.63) is 94.9 Å². The Morgan fingerprint density at radius 3 is 2.23 bits per heavy atom. The molecule has 0 aliphatic carbocycles. The third kappa shape index (κ3) is 4.70. The summed E-state index contributed by atoms with van der Waals surface area (Å²) in [5.41, 5.74) is 8.72. The van der Waals surface area contributed by atoms with Crippen LogP contribution in [0, 0.1) is 6.92 Å². The quantitative estimate of drug-likeness (QED) is 0.293. The standard InChI is InChI=1S/C26H25N5O4/c1-4-20-21(26(34)35-3)16(2)22(27-20)25(33)29-28-24(32)19-15-31(18-13-9-6-10-14-18)30-23(19)17-11-7-5-8-12-17/h5-15,27H,4H2,1-3H3,(H,28,32)(H,29,33). The van der Waals surface area contributed by atoms with Crippen LogP contribution in [0.25, 0.3) is 16.9 Å². The summed E-state index contributed by atoms with van der Waals surface area (Å²) < 4.78 is 6.45. The zero-order chi connectivity index (χ0) is 24.9. The number of amides is 2. The Morgan fingerprint density at radius 1 is 0.971 bits per heavy atom. The van der Waals surface area contributed by atoms with Crippen LogP contribution in [0.2, 0.25) is 0 Å². The summed E-state index contributed by atoms with van der Waals surface area (Å²) >= 11 is 0. The fourth-order valence-corrected chi connectivity index (χ4v) is 3.83. The first-order valence-electron chi connectivity index (χ1n) is 11.1. The highest BCUT2D eigenvalue weighted by Gasteiger charge is 2.25. The Morgan fingerprint density at radius 2 is 1.60 bits per heavy atom. The lowest BCUT2D eigenvalue weighted by Crippen LogP contribution is -2.42. The molecule has 35 heavy (non-hydrogen) atoms. The monoisotopic (exact) mass is 471 g/mol. The molecule has 178 valence electrons. The van der Waals surface area contributed by atoms with Gasteiger partial charge in [-0.25, -0.2) is 9.48 Å². The number of rotatable bonds is 6. The SMILES string of the molecule is CCc1[nH]c(C(=O)NNC(=O)c2cn(-c3ccccc3)nc2-c2ccccc2)c(C)c1C(=O)OC. The Balaban J connectivity index is 1.60. The topological polar surface area (TPSA) is 118 Å². The molecule has 0 spiro atoms. The number of aromatic amines is 1. The maximum absolute atomic E-state index is 13.1. The number of aryl methyl sites for hydroxylation is 1. The molecule has 0 radical (unpaired) electrons. The predicted octanol–water partition coefficient (Wildman–Crippen LogP) is 3.60. The summed E-state index contributed by atoms with van der Waals surface area (Å²) in [5, 5.41) is 4.61. The number of ether oxygens (including phenoxy) is 1. The van der Waals surface area contributed by atoms with Crippen LogP contribution in [-0.4, -0.2) is 39.7 Å². The van der Waals surface area contributed by atoms with Crippen molar-refractivity contribution in [2.24, 2.45) is 0 Å². The van der Waals surface area contributed by atoms with E-state index in [1.807, 2.05) is 67.6 Å². The van der Waals surface area contributed by atoms with Crippen LogP contribution in [0.3, 0.4) is 0 Å². The molecule has 0 unspecified atom stereocenters. The average molecular weight is 472 g/mol. The molecular weight excluding hydrogens is 446 g/mol. The molecule has 2 heterocycles. The van der Waals surface area contributed by atoms with Crippen molar-refractivity contribution in [1.82, 2.24) is 25.6 Å². The lowest BCUT2D eigenvalue weighted by Gasteiger charge is -2.07. The number of hydrazine groups is 1. The number of hydrogen-bond donors (Lipinski definition) is 3. The highest BCUT2D eigenvalue weighted by atomic mass is 16.5. The summed E-state index contributed by atoms with van der Waals surface area (Å²) in [6, 6.07) is 18.7. The van der Waals surface area contributed by atoms with Crippen LogP contribution in [0.15, 0.2) is 66.9 Å². The van der Waals surface area contributed by atoms with E-state index in [4.69, 9.17) is 4.74 Å². The van der Waals surface area contributed by atoms with Crippen molar-refractivity contribution in [3.63, 3.8) is 0 Å². The highest BCUT2D eigenvalue weighted by molar-refractivity contribution is 6.04. The van der Waals surface area contributed by atoms with E-state index >= 15 is 0 Å². The molecule has 4 aromatic rings. The maximum Gasteiger partial charge on any atom is 0.339 e. The third-order valence-corrected chi connectivity index (χ3v) is 5.61. The molecule has 0 atom stereocenters. The number of carbonyl (C=O) groups is 3. The third-order valence-electron chi connectivity index (χ3n) is 5.61. The number of benzene rings is 2. The maximum atomic E-state index is 13.1. The Hall–Kier alpha value is -4.66. The minimum Gasteiger partial charge on any atom is -0.465 e. The first kappa shape index (κ1) is 23.5. The normalized spacial score (nSPS) is 10.6. The van der Waals surface area contributed by atoms with Crippen molar-refractivity contribution in [3.8, 4) is 16.9 Å². The van der Waals surface area contributed by atoms with Crippen LogP contribution >= 0.6 is 0 Å². The van der Waals surface area contributed by atoms with Crippen molar-refractivity contribution in [2.45, 2.75) is 20.3 Å². The van der Waals surface area contributed by atoms with Crippen LogP contribution in [-0.2, 0) is 11.2 Å². The number of carbonyl (C=O) groups excluding carboxylic acids is 3. The van der Waals surface area contributed by atoms with Gasteiger partial charge in [-0.05, 0) is 31.0 Å². The number of aromatic nitrogens is 3. The highest BCUT2D eigenvalue weighted by Crippen LogP contribution is 2.24. The number of esters is 1.